The molecular weight excluding hydrogens is 516 g/mol. The minimum absolute atomic E-state index is 0.0339. The predicted molar refractivity (Wildman–Crippen MR) is 159 cm³/mol. The minimum atomic E-state index is -0.635. The van der Waals surface area contributed by atoms with E-state index in [1.54, 1.807) is 27.6 Å². The van der Waals surface area contributed by atoms with Crippen molar-refractivity contribution in [2.45, 2.75) is 20.3 Å². The number of benzene rings is 2. The Kier molecular flexibility index (Phi) is 7.35. The summed E-state index contributed by atoms with van der Waals surface area (Å²) in [6.45, 7) is 4.05. The second-order valence-electron chi connectivity index (χ2n) is 9.26. The molecule has 0 bridgehead atoms. The first-order valence-corrected chi connectivity index (χ1v) is 12.9. The van der Waals surface area contributed by atoms with Crippen LogP contribution in [0.15, 0.2) is 83.9 Å². The third-order valence-electron chi connectivity index (χ3n) is 6.72. The van der Waals surface area contributed by atoms with Crippen molar-refractivity contribution in [3.05, 3.63) is 118 Å². The number of rotatable bonds is 3. The third kappa shape index (κ3) is 5.16. The lowest BCUT2D eigenvalue weighted by atomic mass is 10.0. The molecule has 0 atom stereocenters. The second-order valence-corrected chi connectivity index (χ2v) is 9.26. The lowest BCUT2D eigenvalue weighted by Gasteiger charge is -2.14. The van der Waals surface area contributed by atoms with E-state index < -0.39 is 5.91 Å². The summed E-state index contributed by atoms with van der Waals surface area (Å²) in [6.07, 6.45) is 4.05. The molecule has 10 nitrogen and oxygen atoms in total. The fourth-order valence-corrected chi connectivity index (χ4v) is 4.53. The maximum atomic E-state index is 13.5. The molecule has 0 saturated heterocycles. The zero-order chi connectivity index (χ0) is 29.1. The molecule has 4 aromatic heterocycles. The first-order chi connectivity index (χ1) is 19.8. The molecule has 204 valence electrons. The molecule has 0 aliphatic heterocycles. The predicted octanol–water partition coefficient (Wildman–Crippen LogP) is 3.41. The Hall–Kier alpha value is -5.69. The first-order valence-electron chi connectivity index (χ1n) is 12.9. The topological polar surface area (TPSA) is 139 Å². The molecular formula is C31H28N8O2. The monoisotopic (exact) mass is 544 g/mol. The molecule has 0 saturated carbocycles. The van der Waals surface area contributed by atoms with E-state index in [1.807, 2.05) is 62.5 Å². The number of hydrogen-bond donors (Lipinski definition) is 2. The quantitative estimate of drug-likeness (QED) is 0.328. The second kappa shape index (κ2) is 11.2. The average Bonchev–Trinajstić information content (AvgIpc) is 3.49. The summed E-state index contributed by atoms with van der Waals surface area (Å²) in [6, 6.07) is 21.1. The minimum Gasteiger partial charge on any atom is -0.382 e. The Labute approximate surface area is 235 Å². The van der Waals surface area contributed by atoms with Crippen LogP contribution in [0.25, 0.3) is 22.1 Å². The van der Waals surface area contributed by atoms with Crippen LogP contribution in [0.3, 0.4) is 0 Å². The van der Waals surface area contributed by atoms with Gasteiger partial charge < -0.3 is 11.5 Å². The van der Waals surface area contributed by atoms with Crippen molar-refractivity contribution in [3.8, 4) is 17.5 Å². The van der Waals surface area contributed by atoms with Gasteiger partial charge in [0, 0.05) is 30.2 Å². The maximum absolute atomic E-state index is 13.5. The van der Waals surface area contributed by atoms with Gasteiger partial charge in [-0.1, -0.05) is 49.1 Å². The molecule has 10 heteroatoms. The fraction of sp³-hybridized carbons (Fsp3) is 0.129. The number of para-hydroxylation sites is 1. The fourth-order valence-electron chi connectivity index (χ4n) is 4.53. The van der Waals surface area contributed by atoms with Crippen LogP contribution < -0.4 is 17.0 Å². The van der Waals surface area contributed by atoms with E-state index in [0.717, 1.165) is 40.0 Å². The Morgan fingerprint density at radius 3 is 2.41 bits per heavy atom. The van der Waals surface area contributed by atoms with E-state index in [2.05, 4.69) is 40.0 Å². The molecule has 41 heavy (non-hydrogen) atoms. The standard InChI is InChI=1S/C24H21N3O.C7H7N5O/c1-4-21-15-19-10-8-9-18(13-14-20-16-25-26(3)17(20)2)23(19)24(28)27(21)22-11-6-5-7-12-22;8-6-5(7(9)13)12-4(11-6)2-1-3-10-12/h5-12,15-16H,4H2,1-3H3;1-3H,8H2,(H2,9,13). The normalized spacial score (nSPS) is 10.6. The van der Waals surface area contributed by atoms with Crippen LogP contribution in [-0.2, 0) is 13.5 Å². The summed E-state index contributed by atoms with van der Waals surface area (Å²) in [7, 11) is 1.89. The number of nitrogen functional groups attached to an aromatic ring is 1. The number of carbonyl (C=O) groups excluding carboxylic acids is 1. The van der Waals surface area contributed by atoms with Crippen LogP contribution in [0, 0.1) is 18.8 Å². The van der Waals surface area contributed by atoms with E-state index in [4.69, 9.17) is 11.5 Å². The van der Waals surface area contributed by atoms with Gasteiger partial charge in [0.05, 0.1) is 22.8 Å². The Morgan fingerprint density at radius 1 is 0.976 bits per heavy atom. The molecule has 0 fully saturated rings. The van der Waals surface area contributed by atoms with Crippen LogP contribution >= 0.6 is 0 Å². The Morgan fingerprint density at radius 2 is 1.73 bits per heavy atom. The van der Waals surface area contributed by atoms with Crippen LogP contribution in [0.4, 0.5) is 5.82 Å². The number of nitrogens with two attached hydrogens (primary N) is 2. The van der Waals surface area contributed by atoms with Crippen LogP contribution in [-0.4, -0.2) is 34.9 Å². The first kappa shape index (κ1) is 26.9. The molecule has 0 aliphatic carbocycles. The van der Waals surface area contributed by atoms with Gasteiger partial charge >= 0.3 is 0 Å². The number of primary amides is 1. The van der Waals surface area contributed by atoms with E-state index in [1.165, 1.54) is 10.7 Å². The number of anilines is 1. The molecule has 1 amide bonds. The van der Waals surface area contributed by atoms with Gasteiger partial charge in [-0.3, -0.25) is 18.8 Å². The van der Waals surface area contributed by atoms with Gasteiger partial charge in [0.15, 0.2) is 17.2 Å². The van der Waals surface area contributed by atoms with Crippen molar-refractivity contribution >= 4 is 28.1 Å². The average molecular weight is 545 g/mol. The summed E-state index contributed by atoms with van der Waals surface area (Å²) in [5.74, 6) is 5.84. The Balaban J connectivity index is 0.000000216. The molecule has 0 aliphatic rings. The van der Waals surface area contributed by atoms with Crippen molar-refractivity contribution in [1.29, 1.82) is 0 Å². The highest BCUT2D eigenvalue weighted by Crippen LogP contribution is 2.20. The van der Waals surface area contributed by atoms with Crippen LogP contribution in [0.5, 0.6) is 0 Å². The molecule has 6 aromatic rings. The number of hydrogen-bond acceptors (Lipinski definition) is 6. The highest BCUT2D eigenvalue weighted by molar-refractivity contribution is 5.96. The SMILES string of the molecule is CCc1cc2cccc(C#Cc3cnn(C)c3C)c2c(=O)n1-c1ccccc1.NC(=O)c1c(N)nc2cccnn12. The van der Waals surface area contributed by atoms with Gasteiger partial charge in [0.2, 0.25) is 0 Å². The summed E-state index contributed by atoms with van der Waals surface area (Å²) in [5, 5.41) is 9.70. The summed E-state index contributed by atoms with van der Waals surface area (Å²) < 4.78 is 4.91. The van der Waals surface area contributed by atoms with Crippen molar-refractivity contribution in [3.63, 3.8) is 0 Å². The number of pyridine rings is 1. The zero-order valence-corrected chi connectivity index (χ0v) is 22.9. The van der Waals surface area contributed by atoms with Crippen molar-refractivity contribution in [2.75, 3.05) is 5.73 Å². The van der Waals surface area contributed by atoms with E-state index >= 15 is 0 Å². The molecule has 0 spiro atoms. The highest BCUT2D eigenvalue weighted by Gasteiger charge is 2.15. The van der Waals surface area contributed by atoms with Crippen molar-refractivity contribution in [1.82, 2.24) is 28.9 Å². The number of imidazole rings is 1. The molecule has 2 aromatic carbocycles. The Bertz CT molecular complexity index is 2020. The maximum Gasteiger partial charge on any atom is 0.271 e. The van der Waals surface area contributed by atoms with Gasteiger partial charge in [-0.25, -0.2) is 9.50 Å². The van der Waals surface area contributed by atoms with E-state index in [0.29, 0.717) is 11.0 Å². The van der Waals surface area contributed by atoms with Gasteiger partial charge in [0.25, 0.3) is 11.5 Å². The zero-order valence-electron chi connectivity index (χ0n) is 22.9. The van der Waals surface area contributed by atoms with Gasteiger partial charge in [-0.05, 0) is 55.1 Å². The molecule has 4 heterocycles. The van der Waals surface area contributed by atoms with E-state index in [9.17, 15) is 9.59 Å². The van der Waals surface area contributed by atoms with Crippen molar-refractivity contribution < 1.29 is 4.79 Å². The number of fused-ring (bicyclic) bond motifs is 2. The molecule has 4 N–H and O–H groups in total. The number of aromatic nitrogens is 6. The molecule has 0 unspecified atom stereocenters. The summed E-state index contributed by atoms with van der Waals surface area (Å²) in [4.78, 5) is 28.3. The third-order valence-corrected chi connectivity index (χ3v) is 6.72. The number of amides is 1. The largest absolute Gasteiger partial charge is 0.382 e. The summed E-state index contributed by atoms with van der Waals surface area (Å²) >= 11 is 0. The van der Waals surface area contributed by atoms with Crippen molar-refractivity contribution in [2.24, 2.45) is 12.8 Å². The molecule has 6 rings (SSSR count). The molecule has 0 radical (unpaired) electrons. The number of aryl methyl sites for hydroxylation is 2. The lowest BCUT2D eigenvalue weighted by molar-refractivity contribution is 0.0994. The highest BCUT2D eigenvalue weighted by atomic mass is 16.1. The summed E-state index contributed by atoms with van der Waals surface area (Å²) in [5.41, 5.74) is 15.6. The van der Waals surface area contributed by atoms with Gasteiger partial charge in [0.1, 0.15) is 0 Å². The van der Waals surface area contributed by atoms with Gasteiger partial charge in [-0.2, -0.15) is 10.2 Å². The van der Waals surface area contributed by atoms with Crippen LogP contribution in [0.1, 0.15) is 39.9 Å². The van der Waals surface area contributed by atoms with E-state index in [-0.39, 0.29) is 17.1 Å². The number of nitrogens with zero attached hydrogens (tertiary/aromatic N) is 6. The smallest absolute Gasteiger partial charge is 0.271 e. The van der Waals surface area contributed by atoms with Gasteiger partial charge in [-0.15, -0.1) is 0 Å². The number of carbonyl (C=O) groups is 1. The van der Waals surface area contributed by atoms with Crippen LogP contribution in [0.2, 0.25) is 0 Å². The lowest BCUT2D eigenvalue weighted by Crippen LogP contribution is -2.22.